The molecule has 3 aliphatic heterocycles. The summed E-state index contributed by atoms with van der Waals surface area (Å²) >= 11 is 0. The number of carbonyl (C=O) groups is 3. The van der Waals surface area contributed by atoms with Gasteiger partial charge in [0.1, 0.15) is 13.2 Å². The molecule has 2 saturated heterocycles. The number of benzene rings is 1. The molecule has 3 amide bonds. The molecule has 0 unspecified atom stereocenters. The lowest BCUT2D eigenvalue weighted by atomic mass is 10.0. The first kappa shape index (κ1) is 17.5. The fourth-order valence-electron chi connectivity index (χ4n) is 3.55. The Kier molecular flexibility index (Phi) is 4.81. The van der Waals surface area contributed by atoms with Gasteiger partial charge in [0.05, 0.1) is 0 Å². The van der Waals surface area contributed by atoms with Gasteiger partial charge in [-0.15, -0.1) is 0 Å². The van der Waals surface area contributed by atoms with Crippen molar-refractivity contribution in [2.24, 2.45) is 0 Å². The molecule has 0 atom stereocenters. The molecule has 3 aliphatic rings. The molecule has 0 spiro atoms. The number of nitrogens with zero attached hydrogens (tertiary/aromatic N) is 2. The second-order valence-corrected chi connectivity index (χ2v) is 6.65. The second-order valence-electron chi connectivity index (χ2n) is 6.65. The van der Waals surface area contributed by atoms with Crippen LogP contribution in [0.3, 0.4) is 0 Å². The Morgan fingerprint density at radius 3 is 2.48 bits per heavy atom. The minimum Gasteiger partial charge on any atom is -0.454 e. The maximum atomic E-state index is 12.4. The lowest BCUT2D eigenvalue weighted by Crippen LogP contribution is -2.55. The van der Waals surface area contributed by atoms with Crippen molar-refractivity contribution in [3.8, 4) is 11.5 Å². The number of rotatable bonds is 3. The average Bonchev–Trinajstić information content (AvgIpc) is 3.14. The van der Waals surface area contributed by atoms with Gasteiger partial charge >= 0.3 is 0 Å². The normalized spacial score (nSPS) is 20.6. The predicted octanol–water partition coefficient (Wildman–Crippen LogP) is 0.805. The first-order valence-electron chi connectivity index (χ1n) is 8.91. The van der Waals surface area contributed by atoms with Gasteiger partial charge in [-0.05, 0) is 36.6 Å². The molecule has 4 rings (SSSR count). The van der Waals surface area contributed by atoms with Crippen LogP contribution in [0.5, 0.6) is 11.5 Å². The number of likely N-dealkylation sites (tertiary alicyclic amines) is 1. The van der Waals surface area contributed by atoms with E-state index in [2.05, 4.69) is 0 Å². The van der Waals surface area contributed by atoms with Crippen LogP contribution in [-0.4, -0.2) is 66.7 Å². The van der Waals surface area contributed by atoms with Crippen molar-refractivity contribution in [2.45, 2.75) is 18.9 Å². The van der Waals surface area contributed by atoms with E-state index in [1.165, 1.54) is 11.0 Å². The highest BCUT2D eigenvalue weighted by atomic mass is 16.7. The summed E-state index contributed by atoms with van der Waals surface area (Å²) in [5, 5.41) is 0. The molecule has 27 heavy (non-hydrogen) atoms. The maximum absolute atomic E-state index is 12.4. The molecular weight excluding hydrogens is 352 g/mol. The Hall–Kier alpha value is -2.87. The summed E-state index contributed by atoms with van der Waals surface area (Å²) in [4.78, 5) is 39.3. The number of hydrogen-bond donors (Lipinski definition) is 0. The summed E-state index contributed by atoms with van der Waals surface area (Å²) in [6.45, 7) is 1.12. The largest absolute Gasteiger partial charge is 0.454 e. The van der Waals surface area contributed by atoms with E-state index in [-0.39, 0.29) is 43.8 Å². The fraction of sp³-hybridized carbons (Fsp3) is 0.421. The van der Waals surface area contributed by atoms with Gasteiger partial charge < -0.3 is 19.1 Å². The molecule has 1 aromatic carbocycles. The predicted molar refractivity (Wildman–Crippen MR) is 93.9 cm³/mol. The number of carbonyl (C=O) groups excluding carboxylic acids is 3. The zero-order valence-electron chi connectivity index (χ0n) is 14.8. The third-order valence-corrected chi connectivity index (χ3v) is 4.94. The van der Waals surface area contributed by atoms with Crippen molar-refractivity contribution in [1.82, 2.24) is 9.80 Å². The van der Waals surface area contributed by atoms with Crippen molar-refractivity contribution >= 4 is 23.8 Å². The summed E-state index contributed by atoms with van der Waals surface area (Å²) in [7, 11) is 0. The molecule has 0 radical (unpaired) electrons. The molecule has 1 aromatic rings. The van der Waals surface area contributed by atoms with Crippen LogP contribution in [0.15, 0.2) is 24.3 Å². The van der Waals surface area contributed by atoms with Crippen LogP contribution in [0.2, 0.25) is 0 Å². The van der Waals surface area contributed by atoms with Crippen LogP contribution in [0, 0.1) is 0 Å². The number of amides is 3. The molecule has 8 heteroatoms. The van der Waals surface area contributed by atoms with Crippen LogP contribution >= 0.6 is 0 Å². The van der Waals surface area contributed by atoms with Crippen LogP contribution in [0.25, 0.3) is 6.08 Å². The van der Waals surface area contributed by atoms with Crippen molar-refractivity contribution in [3.63, 3.8) is 0 Å². The highest BCUT2D eigenvalue weighted by molar-refractivity contribution is 5.98. The Morgan fingerprint density at radius 1 is 1.04 bits per heavy atom. The molecule has 142 valence electrons. The van der Waals surface area contributed by atoms with Crippen molar-refractivity contribution < 1.29 is 28.6 Å². The average molecular weight is 372 g/mol. The van der Waals surface area contributed by atoms with Crippen LogP contribution < -0.4 is 9.47 Å². The Morgan fingerprint density at radius 2 is 1.74 bits per heavy atom. The van der Waals surface area contributed by atoms with Gasteiger partial charge in [0, 0.05) is 25.2 Å². The first-order valence-corrected chi connectivity index (χ1v) is 8.91. The van der Waals surface area contributed by atoms with Gasteiger partial charge in [0.25, 0.3) is 11.8 Å². The van der Waals surface area contributed by atoms with Crippen LogP contribution in [0.4, 0.5) is 0 Å². The summed E-state index contributed by atoms with van der Waals surface area (Å²) in [6.07, 6.45) is 4.44. The quantitative estimate of drug-likeness (QED) is 0.577. The second kappa shape index (κ2) is 7.40. The van der Waals surface area contributed by atoms with E-state index in [0.29, 0.717) is 37.4 Å². The summed E-state index contributed by atoms with van der Waals surface area (Å²) < 4.78 is 15.5. The molecular formula is C19H20N2O6. The summed E-state index contributed by atoms with van der Waals surface area (Å²) in [5.74, 6) is 0.696. The van der Waals surface area contributed by atoms with Gasteiger partial charge in [-0.3, -0.25) is 19.3 Å². The number of piperidine rings is 1. The summed E-state index contributed by atoms with van der Waals surface area (Å²) in [5.41, 5.74) is 0.854. The highest BCUT2D eigenvalue weighted by Gasteiger charge is 2.35. The molecule has 3 heterocycles. The molecule has 8 nitrogen and oxygen atoms in total. The van der Waals surface area contributed by atoms with Gasteiger partial charge in [-0.2, -0.15) is 0 Å². The molecule has 0 aliphatic carbocycles. The smallest absolute Gasteiger partial charge is 0.255 e. The molecule has 0 aromatic heterocycles. The molecule has 0 bridgehead atoms. The van der Waals surface area contributed by atoms with Gasteiger partial charge in [0.15, 0.2) is 11.5 Å². The SMILES string of the molecule is O=C(C=Cc1ccc2c(c1)OCO2)N1CCC(N2C(=O)COCC2=O)CC1. The van der Waals surface area contributed by atoms with Crippen molar-refractivity contribution in [3.05, 3.63) is 29.8 Å². The van der Waals surface area contributed by atoms with Gasteiger partial charge in [0.2, 0.25) is 12.7 Å². The number of fused-ring (bicyclic) bond motifs is 1. The molecule has 2 fully saturated rings. The molecule has 0 N–H and O–H groups in total. The number of imide groups is 1. The standard InChI is InChI=1S/C19H20N2O6/c22-17(4-2-13-1-3-15-16(9-13)27-12-26-15)20-7-5-14(6-8-20)21-18(23)10-25-11-19(21)24/h1-4,9,14H,5-8,10-12H2. The Labute approximate surface area is 156 Å². The van der Waals surface area contributed by atoms with Crippen molar-refractivity contribution in [2.75, 3.05) is 33.1 Å². The third-order valence-electron chi connectivity index (χ3n) is 4.94. The fourth-order valence-corrected chi connectivity index (χ4v) is 3.55. The van der Waals surface area contributed by atoms with Gasteiger partial charge in [-0.25, -0.2) is 0 Å². The lowest BCUT2D eigenvalue weighted by Gasteiger charge is -2.38. The number of morpholine rings is 1. The van der Waals surface area contributed by atoms with Crippen molar-refractivity contribution in [1.29, 1.82) is 0 Å². The summed E-state index contributed by atoms with van der Waals surface area (Å²) in [6, 6.07) is 5.34. The van der Waals surface area contributed by atoms with E-state index in [1.807, 2.05) is 18.2 Å². The highest BCUT2D eigenvalue weighted by Crippen LogP contribution is 2.32. The maximum Gasteiger partial charge on any atom is 0.255 e. The number of ether oxygens (including phenoxy) is 3. The van der Waals surface area contributed by atoms with E-state index in [0.717, 1.165) is 5.56 Å². The van der Waals surface area contributed by atoms with E-state index in [4.69, 9.17) is 14.2 Å². The first-order chi connectivity index (χ1) is 13.1. The van der Waals surface area contributed by atoms with E-state index in [1.54, 1.807) is 11.0 Å². The lowest BCUT2D eigenvalue weighted by molar-refractivity contribution is -0.162. The zero-order valence-corrected chi connectivity index (χ0v) is 14.8. The Balaban J connectivity index is 1.33. The molecule has 0 saturated carbocycles. The third kappa shape index (κ3) is 3.66. The zero-order chi connectivity index (χ0) is 18.8. The number of hydrogen-bond acceptors (Lipinski definition) is 6. The topological polar surface area (TPSA) is 85.4 Å². The van der Waals surface area contributed by atoms with Crippen LogP contribution in [0.1, 0.15) is 18.4 Å². The monoisotopic (exact) mass is 372 g/mol. The van der Waals surface area contributed by atoms with Gasteiger partial charge in [-0.1, -0.05) is 6.07 Å². The Bertz CT molecular complexity index is 781. The van der Waals surface area contributed by atoms with E-state index >= 15 is 0 Å². The van der Waals surface area contributed by atoms with E-state index < -0.39 is 0 Å². The van der Waals surface area contributed by atoms with Crippen LogP contribution in [-0.2, 0) is 19.1 Å². The van der Waals surface area contributed by atoms with E-state index in [9.17, 15) is 14.4 Å². The minimum absolute atomic E-state index is 0.0524. The minimum atomic E-state index is -0.293.